The Hall–Kier alpha value is -1.73. The first-order valence-electron chi connectivity index (χ1n) is 9.26. The van der Waals surface area contributed by atoms with E-state index in [1.54, 1.807) is 12.1 Å². The predicted molar refractivity (Wildman–Crippen MR) is 105 cm³/mol. The average molecular weight is 377 g/mol. The molecule has 26 heavy (non-hydrogen) atoms. The van der Waals surface area contributed by atoms with Gasteiger partial charge in [0.05, 0.1) is 6.21 Å². The smallest absolute Gasteiger partial charge is 0.244 e. The molecule has 1 N–H and O–H groups in total. The van der Waals surface area contributed by atoms with Crippen molar-refractivity contribution < 1.29 is 8.42 Å². The van der Waals surface area contributed by atoms with Crippen molar-refractivity contribution in [2.45, 2.75) is 45.4 Å². The zero-order valence-corrected chi connectivity index (χ0v) is 16.8. The van der Waals surface area contributed by atoms with Crippen LogP contribution in [0.25, 0.3) is 0 Å². The standard InChI is InChI=1S/C19H28N4O2S/c1-5-23(6-2)26(24,25)16-9-10-18(20-13-16)22-21-12-14-7-8-15-11-17(14)19(15,3)4/h7,9-10,12-13,15,17H,5-6,8,11H2,1-4H3,(H,20,22)/b21-12-/t15-,17+/m1/s1. The van der Waals surface area contributed by atoms with Crippen molar-refractivity contribution in [2.24, 2.45) is 22.4 Å². The average Bonchev–Trinajstić information content (AvgIpc) is 2.63. The summed E-state index contributed by atoms with van der Waals surface area (Å²) in [5.74, 6) is 1.92. The molecule has 0 spiro atoms. The Morgan fingerprint density at radius 2 is 2.08 bits per heavy atom. The highest BCUT2D eigenvalue weighted by molar-refractivity contribution is 7.89. The van der Waals surface area contributed by atoms with Gasteiger partial charge in [0.15, 0.2) is 0 Å². The molecule has 7 heteroatoms. The van der Waals surface area contributed by atoms with Crippen LogP contribution in [0.15, 0.2) is 40.0 Å². The van der Waals surface area contributed by atoms with Crippen molar-refractivity contribution in [3.05, 3.63) is 30.0 Å². The highest BCUT2D eigenvalue weighted by Gasteiger charge is 2.50. The van der Waals surface area contributed by atoms with Crippen molar-refractivity contribution >= 4 is 22.1 Å². The van der Waals surface area contributed by atoms with E-state index in [1.807, 2.05) is 20.1 Å². The number of allylic oxidation sites excluding steroid dienone is 2. The lowest BCUT2D eigenvalue weighted by atomic mass is 9.49. The minimum absolute atomic E-state index is 0.202. The Bertz CT molecular complexity index is 808. The minimum atomic E-state index is -3.48. The van der Waals surface area contributed by atoms with Crippen LogP contribution in [0.5, 0.6) is 0 Å². The molecular formula is C19H28N4O2S. The molecule has 0 amide bonds. The van der Waals surface area contributed by atoms with Gasteiger partial charge in [-0.25, -0.2) is 13.4 Å². The summed E-state index contributed by atoms with van der Waals surface area (Å²) in [4.78, 5) is 4.39. The van der Waals surface area contributed by atoms with Gasteiger partial charge in [-0.3, -0.25) is 5.43 Å². The first-order valence-corrected chi connectivity index (χ1v) is 10.7. The summed E-state index contributed by atoms with van der Waals surface area (Å²) in [6, 6.07) is 3.21. The second-order valence-corrected chi connectivity index (χ2v) is 9.52. The summed E-state index contributed by atoms with van der Waals surface area (Å²) < 4.78 is 26.3. The van der Waals surface area contributed by atoms with E-state index in [0.29, 0.717) is 30.2 Å². The molecule has 1 heterocycles. The molecule has 4 rings (SSSR count). The zero-order chi connectivity index (χ0) is 18.9. The third-order valence-electron chi connectivity index (χ3n) is 5.98. The van der Waals surface area contributed by atoms with Gasteiger partial charge in [-0.2, -0.15) is 9.41 Å². The van der Waals surface area contributed by atoms with E-state index in [0.717, 1.165) is 12.3 Å². The molecule has 0 radical (unpaired) electrons. The SMILES string of the molecule is CCN(CC)S(=O)(=O)c1ccc(N/N=C\C2=CC[C@@H]3C[C@@H]2C3(C)C)nc1. The summed E-state index contributed by atoms with van der Waals surface area (Å²) in [7, 11) is -3.48. The van der Waals surface area contributed by atoms with Gasteiger partial charge in [-0.1, -0.05) is 33.8 Å². The maximum atomic E-state index is 12.5. The van der Waals surface area contributed by atoms with Gasteiger partial charge >= 0.3 is 0 Å². The number of nitrogens with zero attached hydrogens (tertiary/aromatic N) is 3. The number of hydrogen-bond donors (Lipinski definition) is 1. The van der Waals surface area contributed by atoms with Crippen LogP contribution in [0.2, 0.25) is 0 Å². The molecule has 0 aromatic carbocycles. The lowest BCUT2D eigenvalue weighted by molar-refractivity contribution is -0.00124. The van der Waals surface area contributed by atoms with Crippen LogP contribution < -0.4 is 5.43 Å². The third kappa shape index (κ3) is 3.30. The number of anilines is 1. The highest BCUT2D eigenvalue weighted by atomic mass is 32.2. The summed E-state index contributed by atoms with van der Waals surface area (Å²) in [6.07, 6.45) is 7.92. The quantitative estimate of drug-likeness (QED) is 0.584. The van der Waals surface area contributed by atoms with E-state index in [-0.39, 0.29) is 4.90 Å². The van der Waals surface area contributed by atoms with Gasteiger partial charge in [-0.15, -0.1) is 0 Å². The van der Waals surface area contributed by atoms with Gasteiger partial charge < -0.3 is 0 Å². The monoisotopic (exact) mass is 376 g/mol. The Kier molecular flexibility index (Phi) is 5.21. The van der Waals surface area contributed by atoms with E-state index in [2.05, 4.69) is 35.4 Å². The van der Waals surface area contributed by atoms with Crippen molar-refractivity contribution in [3.8, 4) is 0 Å². The Morgan fingerprint density at radius 1 is 1.35 bits per heavy atom. The van der Waals surface area contributed by atoms with E-state index in [4.69, 9.17) is 0 Å². The van der Waals surface area contributed by atoms with Gasteiger partial charge in [0.25, 0.3) is 0 Å². The Morgan fingerprint density at radius 3 is 2.62 bits per heavy atom. The fourth-order valence-electron chi connectivity index (χ4n) is 4.03. The number of hydrazone groups is 1. The summed E-state index contributed by atoms with van der Waals surface area (Å²) in [5, 5.41) is 4.30. The van der Waals surface area contributed by atoms with Crippen molar-refractivity contribution in [2.75, 3.05) is 18.5 Å². The van der Waals surface area contributed by atoms with Gasteiger partial charge in [0.1, 0.15) is 10.7 Å². The van der Waals surface area contributed by atoms with Crippen LogP contribution in [0.1, 0.15) is 40.5 Å². The molecule has 0 saturated heterocycles. The molecule has 0 unspecified atom stereocenters. The maximum Gasteiger partial charge on any atom is 0.244 e. The molecule has 1 saturated carbocycles. The van der Waals surface area contributed by atoms with E-state index in [9.17, 15) is 8.42 Å². The molecule has 3 aliphatic rings. The molecule has 1 aromatic heterocycles. The zero-order valence-electron chi connectivity index (χ0n) is 15.9. The second kappa shape index (κ2) is 7.12. The Labute approximate surface area is 156 Å². The fraction of sp³-hybridized carbons (Fsp3) is 0.579. The molecule has 6 nitrogen and oxygen atoms in total. The van der Waals surface area contributed by atoms with E-state index in [1.165, 1.54) is 22.5 Å². The van der Waals surface area contributed by atoms with Crippen LogP contribution in [0.3, 0.4) is 0 Å². The predicted octanol–water partition coefficient (Wildman–Crippen LogP) is 3.50. The number of pyridine rings is 1. The third-order valence-corrected chi connectivity index (χ3v) is 8.02. The van der Waals surface area contributed by atoms with Crippen LogP contribution >= 0.6 is 0 Å². The van der Waals surface area contributed by atoms with Crippen LogP contribution in [-0.2, 0) is 10.0 Å². The van der Waals surface area contributed by atoms with Gasteiger partial charge in [0, 0.05) is 19.3 Å². The maximum absolute atomic E-state index is 12.5. The van der Waals surface area contributed by atoms with Crippen LogP contribution in [0, 0.1) is 17.3 Å². The second-order valence-electron chi connectivity index (χ2n) is 7.58. The highest BCUT2D eigenvalue weighted by Crippen LogP contribution is 2.58. The molecule has 0 aliphatic heterocycles. The molecule has 3 aliphatic carbocycles. The topological polar surface area (TPSA) is 74.7 Å². The number of hydrogen-bond acceptors (Lipinski definition) is 5. The normalized spacial score (nSPS) is 24.4. The van der Waals surface area contributed by atoms with E-state index >= 15 is 0 Å². The van der Waals surface area contributed by atoms with Crippen LogP contribution in [0.4, 0.5) is 5.82 Å². The van der Waals surface area contributed by atoms with Crippen molar-refractivity contribution in [1.82, 2.24) is 9.29 Å². The molecule has 1 aromatic rings. The number of sulfonamides is 1. The van der Waals surface area contributed by atoms with Crippen molar-refractivity contribution in [1.29, 1.82) is 0 Å². The molecule has 142 valence electrons. The van der Waals surface area contributed by atoms with Gasteiger partial charge in [0.2, 0.25) is 10.0 Å². The summed E-state index contributed by atoms with van der Waals surface area (Å²) >= 11 is 0. The largest absolute Gasteiger partial charge is 0.261 e. The molecule has 2 bridgehead atoms. The molecule has 2 atom stereocenters. The lowest BCUT2D eigenvalue weighted by Crippen LogP contribution is -2.48. The first-order chi connectivity index (χ1) is 12.3. The molecule has 1 fully saturated rings. The van der Waals surface area contributed by atoms with Crippen molar-refractivity contribution in [3.63, 3.8) is 0 Å². The first kappa shape index (κ1) is 19.0. The minimum Gasteiger partial charge on any atom is -0.261 e. The summed E-state index contributed by atoms with van der Waals surface area (Å²) in [6.45, 7) is 9.19. The molecular weight excluding hydrogens is 348 g/mol. The number of rotatable bonds is 7. The lowest BCUT2D eigenvalue weighted by Gasteiger charge is -2.55. The summed E-state index contributed by atoms with van der Waals surface area (Å²) in [5.41, 5.74) is 4.55. The fourth-order valence-corrected chi connectivity index (χ4v) is 5.43. The Balaban J connectivity index is 1.64. The number of aromatic nitrogens is 1. The van der Waals surface area contributed by atoms with Gasteiger partial charge in [-0.05, 0) is 47.8 Å². The van der Waals surface area contributed by atoms with E-state index < -0.39 is 10.0 Å². The number of fused-ring (bicyclic) bond motifs is 1. The number of nitrogens with one attached hydrogen (secondary N) is 1. The van der Waals surface area contributed by atoms with Crippen LogP contribution in [-0.4, -0.2) is 37.0 Å².